The van der Waals surface area contributed by atoms with E-state index in [1.165, 1.54) is 38.4 Å². The van der Waals surface area contributed by atoms with Crippen molar-refractivity contribution in [3.05, 3.63) is 89.7 Å². The lowest BCUT2D eigenvalue weighted by Crippen LogP contribution is -2.26. The van der Waals surface area contributed by atoms with Crippen LogP contribution in [0.25, 0.3) is 11.0 Å². The molecular weight excluding hydrogens is 470 g/mol. The fraction of sp³-hybridized carbons (Fsp3) is 0.154. The summed E-state index contributed by atoms with van der Waals surface area (Å²) in [6.07, 6.45) is 0. The number of nitrogens with zero attached hydrogens (tertiary/aromatic N) is 1. The van der Waals surface area contributed by atoms with Crippen LogP contribution in [-0.2, 0) is 14.8 Å². The molecule has 0 saturated heterocycles. The minimum atomic E-state index is -3.96. The lowest BCUT2D eigenvalue weighted by atomic mass is 10.1. The van der Waals surface area contributed by atoms with Crippen LogP contribution < -0.4 is 9.04 Å². The van der Waals surface area contributed by atoms with Crippen LogP contribution in [0.15, 0.2) is 82.1 Å². The standard InChI is InChI=1S/C26H23NO7S/c1-17-22-9-4-5-10-24(22)34-25(17)23(28)16-33-26(29)18-7-6-8-21(15-18)35(30,31)27(2)19-11-13-20(32-3)14-12-19/h4-15H,16H2,1-3H3. The molecular formula is C26H23NO7S. The highest BCUT2D eigenvalue weighted by Gasteiger charge is 2.24. The van der Waals surface area contributed by atoms with Gasteiger partial charge in [-0.3, -0.25) is 9.10 Å². The molecule has 180 valence electrons. The van der Waals surface area contributed by atoms with E-state index < -0.39 is 28.4 Å². The molecule has 8 nitrogen and oxygen atoms in total. The highest BCUT2D eigenvalue weighted by atomic mass is 32.2. The number of furan rings is 1. The monoisotopic (exact) mass is 493 g/mol. The van der Waals surface area contributed by atoms with Crippen LogP contribution in [0.2, 0.25) is 0 Å². The van der Waals surface area contributed by atoms with Gasteiger partial charge in [0.1, 0.15) is 11.3 Å². The minimum Gasteiger partial charge on any atom is -0.497 e. The van der Waals surface area contributed by atoms with E-state index in [4.69, 9.17) is 13.9 Å². The summed E-state index contributed by atoms with van der Waals surface area (Å²) in [5, 5.41) is 0.807. The molecule has 0 aliphatic heterocycles. The van der Waals surface area contributed by atoms with Gasteiger partial charge in [-0.05, 0) is 55.5 Å². The first-order chi connectivity index (χ1) is 16.7. The number of Topliss-reactive ketones (excluding diaryl/α,β-unsaturated/α-hetero) is 1. The summed E-state index contributed by atoms with van der Waals surface area (Å²) in [6, 6.07) is 19.2. The maximum Gasteiger partial charge on any atom is 0.338 e. The van der Waals surface area contributed by atoms with E-state index in [1.807, 2.05) is 12.1 Å². The van der Waals surface area contributed by atoms with Gasteiger partial charge < -0.3 is 13.9 Å². The number of ether oxygens (including phenoxy) is 2. The number of ketones is 1. The number of carbonyl (C=O) groups excluding carboxylic acids is 2. The summed E-state index contributed by atoms with van der Waals surface area (Å²) in [5.41, 5.74) is 1.66. The number of benzene rings is 3. The van der Waals surface area contributed by atoms with Gasteiger partial charge in [0.2, 0.25) is 5.78 Å². The smallest absolute Gasteiger partial charge is 0.338 e. The number of carbonyl (C=O) groups is 2. The molecule has 3 aromatic carbocycles. The van der Waals surface area contributed by atoms with E-state index in [9.17, 15) is 18.0 Å². The Morgan fingerprint density at radius 2 is 1.69 bits per heavy atom. The summed E-state index contributed by atoms with van der Waals surface area (Å²) < 4.78 is 43.2. The molecule has 0 bridgehead atoms. The van der Waals surface area contributed by atoms with Crippen LogP contribution in [-0.4, -0.2) is 40.9 Å². The number of rotatable bonds is 8. The van der Waals surface area contributed by atoms with Crippen molar-refractivity contribution in [2.75, 3.05) is 25.1 Å². The topological polar surface area (TPSA) is 103 Å². The zero-order valence-electron chi connectivity index (χ0n) is 19.3. The van der Waals surface area contributed by atoms with E-state index in [1.54, 1.807) is 43.3 Å². The number of hydrogen-bond acceptors (Lipinski definition) is 7. The highest BCUT2D eigenvalue weighted by Crippen LogP contribution is 2.26. The van der Waals surface area contributed by atoms with Crippen molar-refractivity contribution in [3.8, 4) is 5.75 Å². The Morgan fingerprint density at radius 3 is 2.37 bits per heavy atom. The Labute approximate surface area is 202 Å². The molecule has 0 radical (unpaired) electrons. The lowest BCUT2D eigenvalue weighted by molar-refractivity contribution is 0.0468. The molecule has 0 atom stereocenters. The van der Waals surface area contributed by atoms with E-state index in [-0.39, 0.29) is 16.2 Å². The zero-order valence-corrected chi connectivity index (χ0v) is 20.2. The normalized spacial score (nSPS) is 11.3. The van der Waals surface area contributed by atoms with Crippen LogP contribution >= 0.6 is 0 Å². The number of anilines is 1. The Kier molecular flexibility index (Phi) is 6.61. The van der Waals surface area contributed by atoms with Gasteiger partial charge in [0.15, 0.2) is 12.4 Å². The number of esters is 1. The number of aryl methyl sites for hydroxylation is 1. The van der Waals surface area contributed by atoms with Gasteiger partial charge >= 0.3 is 5.97 Å². The Morgan fingerprint density at radius 1 is 0.971 bits per heavy atom. The van der Waals surface area contributed by atoms with E-state index >= 15 is 0 Å². The molecule has 1 aromatic heterocycles. The number of fused-ring (bicyclic) bond motifs is 1. The Hall–Kier alpha value is -4.11. The molecule has 4 rings (SSSR count). The fourth-order valence-corrected chi connectivity index (χ4v) is 4.83. The molecule has 4 aromatic rings. The average Bonchev–Trinajstić information content (AvgIpc) is 3.23. The molecule has 0 spiro atoms. The number of methoxy groups -OCH3 is 1. The second-order valence-corrected chi connectivity index (χ2v) is 9.72. The number of para-hydroxylation sites is 1. The maximum atomic E-state index is 13.1. The lowest BCUT2D eigenvalue weighted by Gasteiger charge is -2.20. The molecule has 9 heteroatoms. The van der Waals surface area contributed by atoms with Gasteiger partial charge in [-0.25, -0.2) is 13.2 Å². The van der Waals surface area contributed by atoms with Gasteiger partial charge in [0.05, 0.1) is 23.3 Å². The van der Waals surface area contributed by atoms with Crippen LogP contribution in [0.3, 0.4) is 0 Å². The van der Waals surface area contributed by atoms with E-state index in [2.05, 4.69) is 0 Å². The second-order valence-electron chi connectivity index (χ2n) is 7.75. The van der Waals surface area contributed by atoms with Crippen LogP contribution in [0.4, 0.5) is 5.69 Å². The third-order valence-corrected chi connectivity index (χ3v) is 7.38. The van der Waals surface area contributed by atoms with E-state index in [0.717, 1.165) is 9.69 Å². The summed E-state index contributed by atoms with van der Waals surface area (Å²) in [4.78, 5) is 25.1. The third kappa shape index (κ3) is 4.76. The van der Waals surface area contributed by atoms with Crippen LogP contribution in [0.5, 0.6) is 5.75 Å². The van der Waals surface area contributed by atoms with Crippen molar-refractivity contribution in [2.24, 2.45) is 0 Å². The van der Waals surface area contributed by atoms with Gasteiger partial charge in [0, 0.05) is 18.0 Å². The molecule has 0 N–H and O–H groups in total. The number of sulfonamides is 1. The second kappa shape index (κ2) is 9.63. The van der Waals surface area contributed by atoms with Crippen molar-refractivity contribution in [1.29, 1.82) is 0 Å². The van der Waals surface area contributed by atoms with Gasteiger partial charge in [-0.2, -0.15) is 0 Å². The molecule has 0 aliphatic rings. The Balaban J connectivity index is 1.49. The van der Waals surface area contributed by atoms with Gasteiger partial charge in [-0.1, -0.05) is 24.3 Å². The first-order valence-electron chi connectivity index (χ1n) is 10.6. The summed E-state index contributed by atoms with van der Waals surface area (Å²) in [6.45, 7) is 1.22. The first kappa shape index (κ1) is 24.0. The van der Waals surface area contributed by atoms with Crippen molar-refractivity contribution in [2.45, 2.75) is 11.8 Å². The summed E-state index contributed by atoms with van der Waals surface area (Å²) in [7, 11) is -1.03. The van der Waals surface area contributed by atoms with Crippen LogP contribution in [0.1, 0.15) is 26.5 Å². The molecule has 0 saturated carbocycles. The van der Waals surface area contributed by atoms with E-state index in [0.29, 0.717) is 22.6 Å². The van der Waals surface area contributed by atoms with Crippen molar-refractivity contribution in [3.63, 3.8) is 0 Å². The molecule has 0 aliphatic carbocycles. The molecule has 0 unspecified atom stereocenters. The molecule has 0 amide bonds. The number of hydrogen-bond donors (Lipinski definition) is 0. The minimum absolute atomic E-state index is 0.00309. The zero-order chi connectivity index (χ0) is 25.2. The predicted octanol–water partition coefficient (Wildman–Crippen LogP) is 4.61. The van der Waals surface area contributed by atoms with Crippen molar-refractivity contribution < 1.29 is 31.9 Å². The molecule has 1 heterocycles. The molecule has 35 heavy (non-hydrogen) atoms. The summed E-state index contributed by atoms with van der Waals surface area (Å²) in [5.74, 6) is -0.598. The largest absolute Gasteiger partial charge is 0.497 e. The van der Waals surface area contributed by atoms with Crippen molar-refractivity contribution >= 4 is 38.4 Å². The third-order valence-electron chi connectivity index (χ3n) is 5.60. The average molecular weight is 494 g/mol. The maximum absolute atomic E-state index is 13.1. The molecule has 0 fully saturated rings. The van der Waals surface area contributed by atoms with Crippen LogP contribution in [0, 0.1) is 6.92 Å². The van der Waals surface area contributed by atoms with Gasteiger partial charge in [0.25, 0.3) is 10.0 Å². The van der Waals surface area contributed by atoms with Gasteiger partial charge in [-0.15, -0.1) is 0 Å². The predicted molar refractivity (Wildman–Crippen MR) is 131 cm³/mol. The van der Waals surface area contributed by atoms with Crippen molar-refractivity contribution in [1.82, 2.24) is 0 Å². The Bertz CT molecular complexity index is 1500. The SMILES string of the molecule is COc1ccc(N(C)S(=O)(=O)c2cccc(C(=O)OCC(=O)c3oc4ccccc4c3C)c2)cc1. The fourth-order valence-electron chi connectivity index (χ4n) is 3.59. The quantitative estimate of drug-likeness (QED) is 0.261. The highest BCUT2D eigenvalue weighted by molar-refractivity contribution is 7.92. The summed E-state index contributed by atoms with van der Waals surface area (Å²) >= 11 is 0. The first-order valence-corrected chi connectivity index (χ1v) is 12.1.